The van der Waals surface area contributed by atoms with Crippen LogP contribution in [0.5, 0.6) is 5.75 Å². The van der Waals surface area contributed by atoms with Gasteiger partial charge in [-0.25, -0.2) is 0 Å². The van der Waals surface area contributed by atoms with Crippen molar-refractivity contribution in [3.8, 4) is 11.8 Å². The van der Waals surface area contributed by atoms with Crippen LogP contribution in [0, 0.1) is 11.3 Å². The number of ether oxygens (including phenoxy) is 1. The van der Waals surface area contributed by atoms with Crippen LogP contribution in [-0.4, -0.2) is 0 Å². The monoisotopic (exact) mass is 400 g/mol. The zero-order valence-corrected chi connectivity index (χ0v) is 15.5. The molecule has 0 radical (unpaired) electrons. The molecule has 0 spiro atoms. The highest BCUT2D eigenvalue weighted by Gasteiger charge is 2.35. The Kier molecular flexibility index (Phi) is 4.12. The lowest BCUT2D eigenvalue weighted by Gasteiger charge is -2.27. The van der Waals surface area contributed by atoms with E-state index in [4.69, 9.17) is 33.7 Å². The molecule has 2 heterocycles. The Morgan fingerprint density at radius 3 is 2.69 bits per heavy atom. The van der Waals surface area contributed by atoms with E-state index in [-0.39, 0.29) is 16.2 Å². The summed E-state index contributed by atoms with van der Waals surface area (Å²) in [6.07, 6.45) is 0. The van der Waals surface area contributed by atoms with Crippen LogP contribution in [0.1, 0.15) is 17.0 Å². The highest BCUT2D eigenvalue weighted by Crippen LogP contribution is 2.46. The van der Waals surface area contributed by atoms with E-state index in [0.29, 0.717) is 26.9 Å². The van der Waals surface area contributed by atoms with Crippen molar-refractivity contribution in [1.29, 1.82) is 5.26 Å². The topological polar surface area (TPSA) is 76.1 Å². The van der Waals surface area contributed by atoms with Gasteiger partial charge in [0.1, 0.15) is 17.4 Å². The predicted octanol–water partition coefficient (Wildman–Crippen LogP) is 4.79. The predicted molar refractivity (Wildman–Crippen MR) is 104 cm³/mol. The van der Waals surface area contributed by atoms with Crippen LogP contribution in [0.4, 0.5) is 0 Å². The Hall–Kier alpha value is -2.52. The highest BCUT2D eigenvalue weighted by atomic mass is 35.5. The maximum absolute atomic E-state index is 12.9. The summed E-state index contributed by atoms with van der Waals surface area (Å²) in [7, 11) is 0. The summed E-state index contributed by atoms with van der Waals surface area (Å²) >= 11 is 13.5. The molecule has 0 fully saturated rings. The first-order valence-corrected chi connectivity index (χ1v) is 9.16. The second-order valence-electron chi connectivity index (χ2n) is 5.72. The number of halogens is 2. The van der Waals surface area contributed by atoms with Gasteiger partial charge >= 0.3 is 0 Å². The SMILES string of the molecule is N#CC1=C(N)Oc2c(c(=O)sc3ccccc23)[C@@H]1c1ccc(Cl)cc1Cl. The normalized spacial score (nSPS) is 16.1. The number of fused-ring (bicyclic) bond motifs is 3. The molecule has 1 atom stereocenters. The van der Waals surface area contributed by atoms with Crippen LogP contribution in [0.25, 0.3) is 10.1 Å². The van der Waals surface area contributed by atoms with Gasteiger partial charge in [-0.15, -0.1) is 0 Å². The van der Waals surface area contributed by atoms with Gasteiger partial charge in [-0.05, 0) is 29.8 Å². The Morgan fingerprint density at radius 1 is 1.19 bits per heavy atom. The smallest absolute Gasteiger partial charge is 0.240 e. The molecule has 1 aromatic heterocycles. The molecule has 2 N–H and O–H groups in total. The first kappa shape index (κ1) is 16.9. The summed E-state index contributed by atoms with van der Waals surface area (Å²) in [4.78, 5) is 12.9. The minimum atomic E-state index is -0.707. The lowest BCUT2D eigenvalue weighted by Crippen LogP contribution is -2.25. The van der Waals surface area contributed by atoms with Gasteiger partial charge in [0, 0.05) is 20.1 Å². The van der Waals surface area contributed by atoms with Crippen molar-refractivity contribution >= 4 is 44.6 Å². The molecule has 1 aliphatic heterocycles. The van der Waals surface area contributed by atoms with E-state index in [9.17, 15) is 10.1 Å². The largest absolute Gasteiger partial charge is 0.439 e. The van der Waals surface area contributed by atoms with E-state index in [0.717, 1.165) is 21.4 Å². The highest BCUT2D eigenvalue weighted by molar-refractivity contribution is 7.16. The number of nitrogens with zero attached hydrogens (tertiary/aromatic N) is 1. The van der Waals surface area contributed by atoms with Crippen LogP contribution in [0.15, 0.2) is 58.7 Å². The van der Waals surface area contributed by atoms with E-state index in [1.54, 1.807) is 18.2 Å². The lowest BCUT2D eigenvalue weighted by atomic mass is 9.84. The summed E-state index contributed by atoms with van der Waals surface area (Å²) in [5.74, 6) is -0.365. The first-order valence-electron chi connectivity index (χ1n) is 7.59. The molecule has 0 aliphatic carbocycles. The van der Waals surface area contributed by atoms with E-state index in [1.165, 1.54) is 0 Å². The summed E-state index contributed by atoms with van der Waals surface area (Å²) in [6.45, 7) is 0. The van der Waals surface area contributed by atoms with E-state index in [1.807, 2.05) is 24.3 Å². The van der Waals surface area contributed by atoms with Crippen LogP contribution in [0.3, 0.4) is 0 Å². The lowest BCUT2D eigenvalue weighted by molar-refractivity contribution is 0.398. The third kappa shape index (κ3) is 2.55. The molecule has 128 valence electrons. The van der Waals surface area contributed by atoms with Crippen LogP contribution >= 0.6 is 34.5 Å². The molecule has 1 aliphatic rings. The number of nitrogens with two attached hydrogens (primary N) is 1. The molecule has 0 unspecified atom stereocenters. The maximum Gasteiger partial charge on any atom is 0.240 e. The van der Waals surface area contributed by atoms with Gasteiger partial charge in [0.25, 0.3) is 0 Å². The Bertz CT molecular complexity index is 1190. The molecule has 0 saturated heterocycles. The average molecular weight is 401 g/mol. The summed E-state index contributed by atoms with van der Waals surface area (Å²) in [5, 5.41) is 11.2. The number of hydrogen-bond donors (Lipinski definition) is 1. The molecular formula is C19H10Cl2N2O2S. The summed E-state index contributed by atoms with van der Waals surface area (Å²) < 4.78 is 6.30. The second-order valence-corrected chi connectivity index (χ2v) is 7.58. The Balaban J connectivity index is 2.10. The van der Waals surface area contributed by atoms with Crippen molar-refractivity contribution in [3.05, 3.63) is 84.6 Å². The third-order valence-electron chi connectivity index (χ3n) is 4.25. The van der Waals surface area contributed by atoms with Crippen molar-refractivity contribution in [2.75, 3.05) is 0 Å². The minimum absolute atomic E-state index is 0.0308. The number of benzene rings is 2. The fraction of sp³-hybridized carbons (Fsp3) is 0.0526. The molecule has 3 aromatic rings. The fourth-order valence-electron chi connectivity index (χ4n) is 3.11. The second kappa shape index (κ2) is 6.33. The standard InChI is InChI=1S/C19H10Cl2N2O2S/c20-9-5-6-10(13(21)7-9)15-12(8-22)18(23)25-17-11-3-1-2-4-14(11)26-19(24)16(15)17/h1-7,15H,23H2/t15-/m1/s1. The average Bonchev–Trinajstić information content (AvgIpc) is 2.61. The molecule has 4 nitrogen and oxygen atoms in total. The van der Waals surface area contributed by atoms with Crippen LogP contribution in [-0.2, 0) is 0 Å². The van der Waals surface area contributed by atoms with Gasteiger partial charge in [-0.2, -0.15) is 5.26 Å². The molecule has 0 saturated carbocycles. The summed E-state index contributed by atoms with van der Waals surface area (Å²) in [5.41, 5.74) is 7.12. The summed E-state index contributed by atoms with van der Waals surface area (Å²) in [6, 6.07) is 14.4. The van der Waals surface area contributed by atoms with Gasteiger partial charge < -0.3 is 10.5 Å². The van der Waals surface area contributed by atoms with Crippen molar-refractivity contribution in [2.45, 2.75) is 5.92 Å². The van der Waals surface area contributed by atoms with Gasteiger partial charge in [-0.1, -0.05) is 52.7 Å². The van der Waals surface area contributed by atoms with Gasteiger partial charge in [0.2, 0.25) is 10.6 Å². The van der Waals surface area contributed by atoms with Gasteiger partial charge in [-0.3, -0.25) is 4.79 Å². The molecule has 4 rings (SSSR count). The zero-order valence-electron chi connectivity index (χ0n) is 13.1. The van der Waals surface area contributed by atoms with E-state index in [2.05, 4.69) is 6.07 Å². The molecule has 0 amide bonds. The van der Waals surface area contributed by atoms with E-state index < -0.39 is 5.92 Å². The number of allylic oxidation sites excluding steroid dienone is 1. The molecule has 7 heteroatoms. The molecule has 0 bridgehead atoms. The number of hydrogen-bond acceptors (Lipinski definition) is 5. The zero-order chi connectivity index (χ0) is 18.4. The van der Waals surface area contributed by atoms with Gasteiger partial charge in [0.05, 0.1) is 11.5 Å². The van der Waals surface area contributed by atoms with Crippen molar-refractivity contribution in [1.82, 2.24) is 0 Å². The van der Waals surface area contributed by atoms with E-state index >= 15 is 0 Å². The Morgan fingerprint density at radius 2 is 1.96 bits per heavy atom. The third-order valence-corrected chi connectivity index (χ3v) is 5.79. The van der Waals surface area contributed by atoms with Gasteiger partial charge in [0.15, 0.2) is 0 Å². The molecule has 26 heavy (non-hydrogen) atoms. The van der Waals surface area contributed by atoms with Crippen molar-refractivity contribution in [2.24, 2.45) is 5.73 Å². The van der Waals surface area contributed by atoms with Crippen LogP contribution in [0.2, 0.25) is 10.0 Å². The number of rotatable bonds is 1. The van der Waals surface area contributed by atoms with Crippen molar-refractivity contribution < 1.29 is 4.74 Å². The first-order chi connectivity index (χ1) is 12.5. The van der Waals surface area contributed by atoms with Crippen molar-refractivity contribution in [3.63, 3.8) is 0 Å². The maximum atomic E-state index is 12.9. The minimum Gasteiger partial charge on any atom is -0.439 e. The fourth-order valence-corrected chi connectivity index (χ4v) is 4.57. The molecular weight excluding hydrogens is 391 g/mol. The quantitative estimate of drug-likeness (QED) is 0.636. The number of nitriles is 1. The molecule has 2 aromatic carbocycles. The van der Waals surface area contributed by atoms with Crippen LogP contribution < -0.4 is 15.2 Å². The Labute approximate surface area is 162 Å².